The molecular weight excluding hydrogens is 242 g/mol. The molecule has 0 aliphatic heterocycles. The first-order chi connectivity index (χ1) is 9.33. The second kappa shape index (κ2) is 10.8. The summed E-state index contributed by atoms with van der Waals surface area (Å²) < 4.78 is 15.8. The van der Waals surface area contributed by atoms with E-state index >= 15 is 0 Å². The molecule has 1 rings (SSSR count). The quantitative estimate of drug-likeness (QED) is 0.625. The predicted octanol–water partition coefficient (Wildman–Crippen LogP) is 2.48. The second-order valence-electron chi connectivity index (χ2n) is 4.36. The zero-order chi connectivity index (χ0) is 13.8. The van der Waals surface area contributed by atoms with Gasteiger partial charge in [0.05, 0.1) is 19.8 Å². The fourth-order valence-electron chi connectivity index (χ4n) is 1.57. The molecule has 0 bridgehead atoms. The van der Waals surface area contributed by atoms with E-state index in [1.807, 2.05) is 0 Å². The summed E-state index contributed by atoms with van der Waals surface area (Å²) in [4.78, 5) is 0. The molecule has 0 fully saturated rings. The standard InChI is InChI=1S/C15H25NO3/c1-14-4-6-15(7-5-14)16-8-11-19-13-12-18-10-3-9-17-2/h4-7,16H,3,8-13H2,1-2H3. The summed E-state index contributed by atoms with van der Waals surface area (Å²) in [6, 6.07) is 8.34. The van der Waals surface area contributed by atoms with Gasteiger partial charge in [-0.25, -0.2) is 0 Å². The van der Waals surface area contributed by atoms with Gasteiger partial charge >= 0.3 is 0 Å². The predicted molar refractivity (Wildman–Crippen MR) is 77.8 cm³/mol. The largest absolute Gasteiger partial charge is 0.385 e. The molecule has 0 radical (unpaired) electrons. The number of anilines is 1. The minimum absolute atomic E-state index is 0.641. The fraction of sp³-hybridized carbons (Fsp3) is 0.600. The van der Waals surface area contributed by atoms with Gasteiger partial charge < -0.3 is 19.5 Å². The molecule has 0 saturated heterocycles. The average Bonchev–Trinajstić information content (AvgIpc) is 2.43. The van der Waals surface area contributed by atoms with Gasteiger partial charge in [0.1, 0.15) is 0 Å². The third-order valence-corrected chi connectivity index (χ3v) is 2.64. The summed E-state index contributed by atoms with van der Waals surface area (Å²) in [6.07, 6.45) is 0.936. The normalized spacial score (nSPS) is 10.6. The number of nitrogens with one attached hydrogen (secondary N) is 1. The number of rotatable bonds is 11. The Hall–Kier alpha value is -1.10. The highest BCUT2D eigenvalue weighted by Gasteiger charge is 1.93. The molecule has 0 aliphatic carbocycles. The van der Waals surface area contributed by atoms with Crippen molar-refractivity contribution in [2.24, 2.45) is 0 Å². The average molecular weight is 267 g/mol. The van der Waals surface area contributed by atoms with Crippen LogP contribution in [-0.2, 0) is 14.2 Å². The lowest BCUT2D eigenvalue weighted by Gasteiger charge is -2.08. The first-order valence-corrected chi connectivity index (χ1v) is 6.78. The Morgan fingerprint density at radius 2 is 1.58 bits per heavy atom. The number of methoxy groups -OCH3 is 1. The van der Waals surface area contributed by atoms with Crippen molar-refractivity contribution in [3.05, 3.63) is 29.8 Å². The molecule has 0 heterocycles. The highest BCUT2D eigenvalue weighted by atomic mass is 16.5. The van der Waals surface area contributed by atoms with Crippen LogP contribution in [0.2, 0.25) is 0 Å². The van der Waals surface area contributed by atoms with Gasteiger partial charge in [0.2, 0.25) is 0 Å². The molecule has 0 amide bonds. The van der Waals surface area contributed by atoms with Crippen molar-refractivity contribution in [2.75, 3.05) is 52.0 Å². The smallest absolute Gasteiger partial charge is 0.0701 e. The molecule has 0 saturated carbocycles. The van der Waals surface area contributed by atoms with Crippen molar-refractivity contribution >= 4 is 5.69 Å². The van der Waals surface area contributed by atoms with E-state index in [2.05, 4.69) is 36.5 Å². The van der Waals surface area contributed by atoms with E-state index in [0.29, 0.717) is 19.8 Å². The maximum atomic E-state index is 5.47. The molecule has 0 unspecified atom stereocenters. The molecule has 0 aromatic heterocycles. The Morgan fingerprint density at radius 3 is 2.26 bits per heavy atom. The van der Waals surface area contributed by atoms with E-state index in [9.17, 15) is 0 Å². The topological polar surface area (TPSA) is 39.7 Å². The molecule has 1 N–H and O–H groups in total. The summed E-state index contributed by atoms with van der Waals surface area (Å²) in [7, 11) is 1.70. The zero-order valence-electron chi connectivity index (χ0n) is 12.0. The Bertz CT molecular complexity index is 314. The number of aryl methyl sites for hydroxylation is 1. The monoisotopic (exact) mass is 267 g/mol. The Morgan fingerprint density at radius 1 is 0.895 bits per heavy atom. The van der Waals surface area contributed by atoms with Gasteiger partial charge in [-0.15, -0.1) is 0 Å². The van der Waals surface area contributed by atoms with Crippen LogP contribution < -0.4 is 5.32 Å². The van der Waals surface area contributed by atoms with E-state index in [-0.39, 0.29) is 0 Å². The molecule has 4 nitrogen and oxygen atoms in total. The molecule has 0 aliphatic rings. The summed E-state index contributed by atoms with van der Waals surface area (Å²) in [5, 5.41) is 3.31. The van der Waals surface area contributed by atoms with Crippen LogP contribution in [-0.4, -0.2) is 46.7 Å². The lowest BCUT2D eigenvalue weighted by Crippen LogP contribution is -2.13. The van der Waals surface area contributed by atoms with Crippen LogP contribution >= 0.6 is 0 Å². The van der Waals surface area contributed by atoms with Crippen molar-refractivity contribution in [3.8, 4) is 0 Å². The van der Waals surface area contributed by atoms with Gasteiger partial charge in [0, 0.05) is 32.6 Å². The molecular formula is C15H25NO3. The van der Waals surface area contributed by atoms with E-state index in [0.717, 1.165) is 31.9 Å². The molecule has 108 valence electrons. The lowest BCUT2D eigenvalue weighted by atomic mass is 10.2. The van der Waals surface area contributed by atoms with Gasteiger partial charge in [-0.1, -0.05) is 17.7 Å². The number of hydrogen-bond acceptors (Lipinski definition) is 4. The van der Waals surface area contributed by atoms with Gasteiger partial charge in [-0.05, 0) is 25.5 Å². The maximum absolute atomic E-state index is 5.47. The number of hydrogen-bond donors (Lipinski definition) is 1. The molecule has 1 aromatic rings. The van der Waals surface area contributed by atoms with Crippen LogP contribution in [0.3, 0.4) is 0 Å². The first-order valence-electron chi connectivity index (χ1n) is 6.78. The molecule has 0 atom stereocenters. The van der Waals surface area contributed by atoms with Gasteiger partial charge in [-0.2, -0.15) is 0 Å². The van der Waals surface area contributed by atoms with Crippen LogP contribution in [0.4, 0.5) is 5.69 Å². The van der Waals surface area contributed by atoms with Crippen LogP contribution in [0, 0.1) is 6.92 Å². The third kappa shape index (κ3) is 8.59. The SMILES string of the molecule is COCCCOCCOCCNc1ccc(C)cc1. The van der Waals surface area contributed by atoms with Crippen molar-refractivity contribution < 1.29 is 14.2 Å². The van der Waals surface area contributed by atoms with Gasteiger partial charge in [0.25, 0.3) is 0 Å². The van der Waals surface area contributed by atoms with Crippen LogP contribution in [0.1, 0.15) is 12.0 Å². The summed E-state index contributed by atoms with van der Waals surface area (Å²) in [5.41, 5.74) is 2.40. The van der Waals surface area contributed by atoms with E-state index in [1.54, 1.807) is 7.11 Å². The fourth-order valence-corrected chi connectivity index (χ4v) is 1.57. The second-order valence-corrected chi connectivity index (χ2v) is 4.36. The summed E-state index contributed by atoms with van der Waals surface area (Å²) in [6.45, 7) is 6.36. The molecule has 0 spiro atoms. The van der Waals surface area contributed by atoms with E-state index in [4.69, 9.17) is 14.2 Å². The summed E-state index contributed by atoms with van der Waals surface area (Å²) in [5.74, 6) is 0. The minimum Gasteiger partial charge on any atom is -0.385 e. The Labute approximate surface area is 116 Å². The minimum atomic E-state index is 0.641. The number of ether oxygens (including phenoxy) is 3. The molecule has 19 heavy (non-hydrogen) atoms. The van der Waals surface area contributed by atoms with Crippen LogP contribution in [0.25, 0.3) is 0 Å². The Kier molecular flexibility index (Phi) is 9.06. The summed E-state index contributed by atoms with van der Waals surface area (Å²) >= 11 is 0. The van der Waals surface area contributed by atoms with Crippen molar-refractivity contribution in [3.63, 3.8) is 0 Å². The number of benzene rings is 1. The first kappa shape index (κ1) is 16.0. The highest BCUT2D eigenvalue weighted by molar-refractivity contribution is 5.44. The van der Waals surface area contributed by atoms with Crippen LogP contribution in [0.5, 0.6) is 0 Å². The van der Waals surface area contributed by atoms with Crippen LogP contribution in [0.15, 0.2) is 24.3 Å². The zero-order valence-corrected chi connectivity index (χ0v) is 12.0. The molecule has 4 heteroatoms. The van der Waals surface area contributed by atoms with Crippen molar-refractivity contribution in [1.29, 1.82) is 0 Å². The van der Waals surface area contributed by atoms with Gasteiger partial charge in [0.15, 0.2) is 0 Å². The van der Waals surface area contributed by atoms with Gasteiger partial charge in [-0.3, -0.25) is 0 Å². The highest BCUT2D eigenvalue weighted by Crippen LogP contribution is 2.07. The molecule has 1 aromatic carbocycles. The Balaban J connectivity index is 1.87. The maximum Gasteiger partial charge on any atom is 0.0701 e. The van der Waals surface area contributed by atoms with E-state index in [1.165, 1.54) is 5.56 Å². The third-order valence-electron chi connectivity index (χ3n) is 2.64. The van der Waals surface area contributed by atoms with Crippen molar-refractivity contribution in [2.45, 2.75) is 13.3 Å². The van der Waals surface area contributed by atoms with Crippen molar-refractivity contribution in [1.82, 2.24) is 0 Å². The van der Waals surface area contributed by atoms with E-state index < -0.39 is 0 Å². The lowest BCUT2D eigenvalue weighted by molar-refractivity contribution is 0.0431.